The minimum atomic E-state index is -0.393. The molecule has 0 atom stereocenters. The van der Waals surface area contributed by atoms with Gasteiger partial charge in [-0.2, -0.15) is 0 Å². The van der Waals surface area contributed by atoms with Crippen LogP contribution in [0.25, 0.3) is 0 Å². The maximum absolute atomic E-state index is 13.8. The van der Waals surface area contributed by atoms with E-state index in [0.717, 1.165) is 5.56 Å². The number of aromatic nitrogens is 1. The third-order valence-electron chi connectivity index (χ3n) is 2.70. The molecule has 108 valence electrons. The zero-order chi connectivity index (χ0) is 14.2. The summed E-state index contributed by atoms with van der Waals surface area (Å²) in [6.45, 7) is 1.94. The lowest BCUT2D eigenvalue weighted by Gasteiger charge is -2.12. The minimum absolute atomic E-state index is 0.145. The number of rotatable bonds is 8. The number of nitrogens with one attached hydrogen (secondary N) is 1. The molecule has 0 radical (unpaired) electrons. The van der Waals surface area contributed by atoms with Crippen LogP contribution in [0.3, 0.4) is 0 Å². The molecule has 0 saturated carbocycles. The lowest BCUT2D eigenvalue weighted by molar-refractivity contribution is 0.198. The van der Waals surface area contributed by atoms with E-state index < -0.39 is 5.82 Å². The van der Waals surface area contributed by atoms with Gasteiger partial charge in [0.25, 0.3) is 0 Å². The highest BCUT2D eigenvalue weighted by Gasteiger charge is 2.10. The normalized spacial score (nSPS) is 10.7. The maximum atomic E-state index is 13.8. The second-order valence-corrected chi connectivity index (χ2v) is 4.17. The molecule has 0 spiro atoms. The van der Waals surface area contributed by atoms with Crippen LogP contribution >= 0.6 is 0 Å². The maximum Gasteiger partial charge on any atom is 0.174 e. The van der Waals surface area contributed by atoms with Gasteiger partial charge < -0.3 is 19.3 Å². The van der Waals surface area contributed by atoms with Crippen molar-refractivity contribution in [2.75, 3.05) is 20.3 Å². The fourth-order valence-corrected chi connectivity index (χ4v) is 1.71. The van der Waals surface area contributed by atoms with Crippen molar-refractivity contribution in [3.05, 3.63) is 47.6 Å². The van der Waals surface area contributed by atoms with Crippen molar-refractivity contribution in [3.8, 4) is 5.75 Å². The van der Waals surface area contributed by atoms with E-state index in [-0.39, 0.29) is 12.4 Å². The standard InChI is InChI=1S/C14H17FN2O3/c1-18-8-7-16-9-11-3-2-4-13(15)14(11)19-10-12-5-6-17-20-12/h2-6,16H,7-10H2,1H3. The van der Waals surface area contributed by atoms with E-state index in [9.17, 15) is 4.39 Å². The van der Waals surface area contributed by atoms with Crippen molar-refractivity contribution in [2.24, 2.45) is 0 Å². The molecule has 2 aromatic rings. The van der Waals surface area contributed by atoms with Crippen molar-refractivity contribution in [3.63, 3.8) is 0 Å². The van der Waals surface area contributed by atoms with E-state index in [1.165, 1.54) is 12.3 Å². The summed E-state index contributed by atoms with van der Waals surface area (Å²) in [6, 6.07) is 6.52. The fraction of sp³-hybridized carbons (Fsp3) is 0.357. The number of hydrogen-bond acceptors (Lipinski definition) is 5. The smallest absolute Gasteiger partial charge is 0.174 e. The lowest BCUT2D eigenvalue weighted by Crippen LogP contribution is -2.19. The zero-order valence-corrected chi connectivity index (χ0v) is 11.3. The summed E-state index contributed by atoms with van der Waals surface area (Å²) in [6.07, 6.45) is 1.52. The van der Waals surface area contributed by atoms with Crippen LogP contribution in [0.2, 0.25) is 0 Å². The molecule has 0 bridgehead atoms. The van der Waals surface area contributed by atoms with Crippen molar-refractivity contribution in [2.45, 2.75) is 13.2 Å². The Morgan fingerprint density at radius 1 is 1.35 bits per heavy atom. The molecule has 0 aliphatic rings. The first kappa shape index (κ1) is 14.5. The first-order valence-corrected chi connectivity index (χ1v) is 6.30. The first-order chi connectivity index (χ1) is 9.81. The number of ether oxygens (including phenoxy) is 2. The molecule has 6 heteroatoms. The molecular formula is C14H17FN2O3. The van der Waals surface area contributed by atoms with Crippen molar-refractivity contribution in [1.29, 1.82) is 0 Å². The van der Waals surface area contributed by atoms with Gasteiger partial charge in [0, 0.05) is 31.8 Å². The van der Waals surface area contributed by atoms with Gasteiger partial charge in [0.2, 0.25) is 0 Å². The summed E-state index contributed by atoms with van der Waals surface area (Å²) in [4.78, 5) is 0. The predicted octanol–water partition coefficient (Wildman–Crippen LogP) is 2.13. The van der Waals surface area contributed by atoms with Gasteiger partial charge >= 0.3 is 0 Å². The van der Waals surface area contributed by atoms with Crippen LogP contribution in [0.5, 0.6) is 5.75 Å². The van der Waals surface area contributed by atoms with Crippen LogP contribution in [0.15, 0.2) is 35.0 Å². The minimum Gasteiger partial charge on any atom is -0.482 e. The fourth-order valence-electron chi connectivity index (χ4n) is 1.71. The molecule has 0 unspecified atom stereocenters. The quantitative estimate of drug-likeness (QED) is 0.751. The third-order valence-corrected chi connectivity index (χ3v) is 2.70. The van der Waals surface area contributed by atoms with Gasteiger partial charge in [-0.3, -0.25) is 0 Å². The van der Waals surface area contributed by atoms with E-state index in [2.05, 4.69) is 10.5 Å². The van der Waals surface area contributed by atoms with Gasteiger partial charge in [0.15, 0.2) is 17.3 Å². The Hall–Kier alpha value is -1.92. The molecule has 1 N–H and O–H groups in total. The molecule has 0 fully saturated rings. The number of halogens is 1. The Morgan fingerprint density at radius 3 is 3.00 bits per heavy atom. The summed E-state index contributed by atoms with van der Waals surface area (Å²) in [5.41, 5.74) is 0.751. The van der Waals surface area contributed by atoms with Crippen LogP contribution < -0.4 is 10.1 Å². The highest BCUT2D eigenvalue weighted by molar-refractivity contribution is 5.35. The lowest BCUT2D eigenvalue weighted by atomic mass is 10.2. The van der Waals surface area contributed by atoms with Crippen LogP contribution in [-0.2, 0) is 17.9 Å². The molecular weight excluding hydrogens is 263 g/mol. The van der Waals surface area contributed by atoms with Gasteiger partial charge in [0.1, 0.15) is 6.61 Å². The van der Waals surface area contributed by atoms with Crippen molar-refractivity contribution < 1.29 is 18.4 Å². The van der Waals surface area contributed by atoms with Crippen molar-refractivity contribution in [1.82, 2.24) is 10.5 Å². The number of nitrogens with zero attached hydrogens (tertiary/aromatic N) is 1. The Kier molecular flexibility index (Phi) is 5.52. The molecule has 2 rings (SSSR count). The molecule has 0 saturated heterocycles. The van der Waals surface area contributed by atoms with Gasteiger partial charge in [0.05, 0.1) is 12.8 Å². The number of hydrogen-bond donors (Lipinski definition) is 1. The molecule has 0 aliphatic carbocycles. The van der Waals surface area contributed by atoms with E-state index in [1.807, 2.05) is 6.07 Å². The average molecular weight is 280 g/mol. The molecule has 1 heterocycles. The van der Waals surface area contributed by atoms with Gasteiger partial charge in [-0.05, 0) is 6.07 Å². The van der Waals surface area contributed by atoms with Gasteiger partial charge in [-0.1, -0.05) is 17.3 Å². The number of para-hydroxylation sites is 1. The zero-order valence-electron chi connectivity index (χ0n) is 11.3. The van der Waals surface area contributed by atoms with E-state index >= 15 is 0 Å². The van der Waals surface area contributed by atoms with Gasteiger partial charge in [-0.15, -0.1) is 0 Å². The Morgan fingerprint density at radius 2 is 2.25 bits per heavy atom. The molecule has 0 aliphatic heterocycles. The predicted molar refractivity (Wildman–Crippen MR) is 70.8 cm³/mol. The summed E-state index contributed by atoms with van der Waals surface area (Å²) >= 11 is 0. The second-order valence-electron chi connectivity index (χ2n) is 4.17. The van der Waals surface area contributed by atoms with Crippen LogP contribution in [0.1, 0.15) is 11.3 Å². The molecule has 1 aromatic heterocycles. The molecule has 1 aromatic carbocycles. The van der Waals surface area contributed by atoms with Crippen LogP contribution in [-0.4, -0.2) is 25.4 Å². The SMILES string of the molecule is COCCNCc1cccc(F)c1OCc1ccno1. The van der Waals surface area contributed by atoms with E-state index in [4.69, 9.17) is 14.0 Å². The number of benzene rings is 1. The highest BCUT2D eigenvalue weighted by Crippen LogP contribution is 2.23. The summed E-state index contributed by atoms with van der Waals surface area (Å²) < 4.78 is 29.2. The largest absolute Gasteiger partial charge is 0.482 e. The first-order valence-electron chi connectivity index (χ1n) is 6.30. The van der Waals surface area contributed by atoms with Crippen LogP contribution in [0.4, 0.5) is 4.39 Å². The molecule has 5 nitrogen and oxygen atoms in total. The second kappa shape index (κ2) is 7.62. The van der Waals surface area contributed by atoms with E-state index in [0.29, 0.717) is 25.5 Å². The monoisotopic (exact) mass is 280 g/mol. The Bertz CT molecular complexity index is 517. The molecule has 20 heavy (non-hydrogen) atoms. The topological polar surface area (TPSA) is 56.5 Å². The highest BCUT2D eigenvalue weighted by atomic mass is 19.1. The van der Waals surface area contributed by atoms with Crippen LogP contribution in [0, 0.1) is 5.82 Å². The third kappa shape index (κ3) is 4.04. The Balaban J connectivity index is 1.98. The average Bonchev–Trinajstić information content (AvgIpc) is 2.96. The number of methoxy groups -OCH3 is 1. The summed E-state index contributed by atoms with van der Waals surface area (Å²) in [5.74, 6) is 0.385. The van der Waals surface area contributed by atoms with Crippen molar-refractivity contribution >= 4 is 0 Å². The summed E-state index contributed by atoms with van der Waals surface area (Å²) in [5, 5.41) is 6.73. The van der Waals surface area contributed by atoms with Gasteiger partial charge in [-0.25, -0.2) is 4.39 Å². The molecule has 0 amide bonds. The van der Waals surface area contributed by atoms with E-state index in [1.54, 1.807) is 19.2 Å². The Labute approximate surface area is 116 Å². The summed E-state index contributed by atoms with van der Waals surface area (Å²) in [7, 11) is 1.63.